The molecule has 5 heteroatoms. The highest BCUT2D eigenvalue weighted by Gasteiger charge is 2.18. The van der Waals surface area contributed by atoms with Crippen LogP contribution in [0.25, 0.3) is 0 Å². The summed E-state index contributed by atoms with van der Waals surface area (Å²) < 4.78 is 27.2. The molecule has 0 saturated heterocycles. The maximum absolute atomic E-state index is 12.4. The van der Waals surface area contributed by atoms with Gasteiger partial charge in [0, 0.05) is 0 Å². The molecule has 0 atom stereocenters. The third-order valence-corrected chi connectivity index (χ3v) is 4.81. The molecule has 2 aromatic rings. The number of sulfonamides is 1. The van der Waals surface area contributed by atoms with Crippen LogP contribution in [0.1, 0.15) is 31.9 Å². The van der Waals surface area contributed by atoms with Gasteiger partial charge in [-0.2, -0.15) is 0 Å². The highest BCUT2D eigenvalue weighted by Crippen LogP contribution is 2.28. The van der Waals surface area contributed by atoms with Crippen molar-refractivity contribution in [3.8, 4) is 5.75 Å². The summed E-state index contributed by atoms with van der Waals surface area (Å²) >= 11 is 0. The second-order valence-electron chi connectivity index (χ2n) is 6.40. The van der Waals surface area contributed by atoms with E-state index in [1.807, 2.05) is 19.1 Å². The molecule has 0 bridgehead atoms. The van der Waals surface area contributed by atoms with Crippen LogP contribution in [0.4, 0.5) is 5.69 Å². The Morgan fingerprint density at radius 1 is 1.00 bits per heavy atom. The third kappa shape index (κ3) is 3.60. The minimum atomic E-state index is -3.72. The Morgan fingerprint density at radius 3 is 2.14 bits per heavy atom. The molecule has 2 aromatic carbocycles. The van der Waals surface area contributed by atoms with Crippen LogP contribution < -0.4 is 4.72 Å². The molecule has 0 saturated carbocycles. The number of hydrogen-bond donors (Lipinski definition) is 2. The summed E-state index contributed by atoms with van der Waals surface area (Å²) in [5, 5.41) is 9.77. The molecule has 0 spiro atoms. The lowest BCUT2D eigenvalue weighted by atomic mass is 9.87. The van der Waals surface area contributed by atoms with Gasteiger partial charge in [0.25, 0.3) is 10.0 Å². The van der Waals surface area contributed by atoms with E-state index in [4.69, 9.17) is 0 Å². The number of rotatable bonds is 3. The van der Waals surface area contributed by atoms with Gasteiger partial charge in [0.05, 0.1) is 10.6 Å². The van der Waals surface area contributed by atoms with Crippen LogP contribution >= 0.6 is 0 Å². The monoisotopic (exact) mass is 319 g/mol. The summed E-state index contributed by atoms with van der Waals surface area (Å²) in [6.07, 6.45) is 0. The van der Waals surface area contributed by atoms with Crippen LogP contribution in [-0.2, 0) is 15.4 Å². The predicted molar refractivity (Wildman–Crippen MR) is 88.8 cm³/mol. The number of phenols is 1. The Hall–Kier alpha value is -2.01. The van der Waals surface area contributed by atoms with Crippen molar-refractivity contribution >= 4 is 15.7 Å². The number of benzene rings is 2. The molecule has 118 valence electrons. The molecular formula is C17H21NO3S. The van der Waals surface area contributed by atoms with Gasteiger partial charge in [-0.25, -0.2) is 8.42 Å². The molecule has 2 rings (SSSR count). The molecular weight excluding hydrogens is 298 g/mol. The number of anilines is 1. The maximum atomic E-state index is 12.4. The minimum absolute atomic E-state index is 0.0372. The number of aromatic hydroxyl groups is 1. The molecule has 0 fully saturated rings. The minimum Gasteiger partial charge on any atom is -0.506 e. The van der Waals surface area contributed by atoms with E-state index in [2.05, 4.69) is 25.5 Å². The second-order valence-corrected chi connectivity index (χ2v) is 8.08. The summed E-state index contributed by atoms with van der Waals surface area (Å²) in [6, 6.07) is 11.6. The van der Waals surface area contributed by atoms with Crippen LogP contribution in [0.15, 0.2) is 47.4 Å². The van der Waals surface area contributed by atoms with E-state index in [0.717, 1.165) is 11.1 Å². The first-order chi connectivity index (χ1) is 10.1. The van der Waals surface area contributed by atoms with Crippen LogP contribution in [0.5, 0.6) is 5.75 Å². The lowest BCUT2D eigenvalue weighted by Gasteiger charge is -2.19. The number of aryl methyl sites for hydroxylation is 1. The van der Waals surface area contributed by atoms with Crippen molar-refractivity contribution in [2.45, 2.75) is 38.0 Å². The first-order valence-corrected chi connectivity index (χ1v) is 8.51. The Morgan fingerprint density at radius 2 is 1.59 bits per heavy atom. The first-order valence-electron chi connectivity index (χ1n) is 7.02. The average Bonchev–Trinajstić information content (AvgIpc) is 2.42. The molecule has 0 unspecified atom stereocenters. The van der Waals surface area contributed by atoms with Gasteiger partial charge in [-0.05, 0) is 47.7 Å². The van der Waals surface area contributed by atoms with Crippen LogP contribution in [0.2, 0.25) is 0 Å². The second kappa shape index (κ2) is 5.65. The van der Waals surface area contributed by atoms with Crippen molar-refractivity contribution < 1.29 is 13.5 Å². The van der Waals surface area contributed by atoms with Gasteiger partial charge in [-0.15, -0.1) is 0 Å². The summed E-state index contributed by atoms with van der Waals surface area (Å²) in [7, 11) is -3.72. The van der Waals surface area contributed by atoms with Crippen molar-refractivity contribution in [3.05, 3.63) is 53.6 Å². The SMILES string of the molecule is Cc1ccc(O)c(NS(=O)(=O)c2ccc(C(C)(C)C)cc2)c1. The molecule has 0 aliphatic carbocycles. The third-order valence-electron chi connectivity index (χ3n) is 3.43. The molecule has 0 radical (unpaired) electrons. The van der Waals surface area contributed by atoms with Crippen LogP contribution in [-0.4, -0.2) is 13.5 Å². The van der Waals surface area contributed by atoms with Gasteiger partial charge in [-0.3, -0.25) is 4.72 Å². The van der Waals surface area contributed by atoms with Gasteiger partial charge >= 0.3 is 0 Å². The van der Waals surface area contributed by atoms with Crippen molar-refractivity contribution in [3.63, 3.8) is 0 Å². The standard InChI is InChI=1S/C17H21NO3S/c1-12-5-10-16(19)15(11-12)18-22(20,21)14-8-6-13(7-9-14)17(2,3)4/h5-11,18-19H,1-4H3. The fourth-order valence-corrected chi connectivity index (χ4v) is 3.13. The van der Waals surface area contributed by atoms with Crippen LogP contribution in [0, 0.1) is 6.92 Å². The van der Waals surface area contributed by atoms with E-state index in [9.17, 15) is 13.5 Å². The zero-order valence-electron chi connectivity index (χ0n) is 13.2. The molecule has 4 nitrogen and oxygen atoms in total. The summed E-state index contributed by atoms with van der Waals surface area (Å²) in [5.74, 6) is -0.0968. The molecule has 0 aliphatic rings. The van der Waals surface area contributed by atoms with Gasteiger partial charge in [0.1, 0.15) is 5.75 Å². The van der Waals surface area contributed by atoms with E-state index in [0.29, 0.717) is 0 Å². The molecule has 2 N–H and O–H groups in total. The number of hydrogen-bond acceptors (Lipinski definition) is 3. The normalized spacial score (nSPS) is 12.2. The predicted octanol–water partition coefficient (Wildman–Crippen LogP) is 3.80. The highest BCUT2D eigenvalue weighted by molar-refractivity contribution is 7.92. The fraction of sp³-hybridized carbons (Fsp3) is 0.294. The largest absolute Gasteiger partial charge is 0.506 e. The van der Waals surface area contributed by atoms with Crippen molar-refractivity contribution in [2.75, 3.05) is 4.72 Å². The van der Waals surface area contributed by atoms with E-state index >= 15 is 0 Å². The van der Waals surface area contributed by atoms with Crippen molar-refractivity contribution in [1.82, 2.24) is 0 Å². The molecule has 0 aromatic heterocycles. The Bertz CT molecular complexity index is 773. The van der Waals surface area contributed by atoms with E-state index in [1.165, 1.54) is 6.07 Å². The van der Waals surface area contributed by atoms with Gasteiger partial charge in [0.15, 0.2) is 0 Å². The zero-order chi connectivity index (χ0) is 16.5. The van der Waals surface area contributed by atoms with E-state index in [1.54, 1.807) is 24.3 Å². The molecule has 22 heavy (non-hydrogen) atoms. The maximum Gasteiger partial charge on any atom is 0.262 e. The topological polar surface area (TPSA) is 66.4 Å². The summed E-state index contributed by atoms with van der Waals surface area (Å²) in [5.41, 5.74) is 2.06. The lowest BCUT2D eigenvalue weighted by Crippen LogP contribution is -2.15. The Labute approximate surface area is 131 Å². The van der Waals surface area contributed by atoms with Gasteiger partial charge in [-0.1, -0.05) is 39.0 Å². The first kappa shape index (κ1) is 16.4. The highest BCUT2D eigenvalue weighted by atomic mass is 32.2. The Balaban J connectivity index is 2.33. The Kier molecular flexibility index (Phi) is 4.20. The van der Waals surface area contributed by atoms with Gasteiger partial charge < -0.3 is 5.11 Å². The molecule has 0 aliphatic heterocycles. The van der Waals surface area contributed by atoms with Gasteiger partial charge in [0.2, 0.25) is 0 Å². The molecule has 0 amide bonds. The average molecular weight is 319 g/mol. The van der Waals surface area contributed by atoms with Crippen molar-refractivity contribution in [2.24, 2.45) is 0 Å². The summed E-state index contributed by atoms with van der Waals surface area (Å²) in [4.78, 5) is 0.168. The molecule has 0 heterocycles. The number of nitrogens with one attached hydrogen (secondary N) is 1. The van der Waals surface area contributed by atoms with E-state index in [-0.39, 0.29) is 21.7 Å². The quantitative estimate of drug-likeness (QED) is 0.846. The van der Waals surface area contributed by atoms with Crippen LogP contribution in [0.3, 0.4) is 0 Å². The van der Waals surface area contributed by atoms with E-state index < -0.39 is 10.0 Å². The fourth-order valence-electron chi connectivity index (χ4n) is 2.07. The zero-order valence-corrected chi connectivity index (χ0v) is 14.0. The smallest absolute Gasteiger partial charge is 0.262 e. The number of phenolic OH excluding ortho intramolecular Hbond substituents is 1. The summed E-state index contributed by atoms with van der Waals surface area (Å²) in [6.45, 7) is 8.04. The lowest BCUT2D eigenvalue weighted by molar-refractivity contribution is 0.477. The van der Waals surface area contributed by atoms with Crippen molar-refractivity contribution in [1.29, 1.82) is 0 Å².